The fourth-order valence-electron chi connectivity index (χ4n) is 4.50. The molecule has 1 aliphatic carbocycles. The maximum atomic E-state index is 12.6. The van der Waals surface area contributed by atoms with E-state index in [1.807, 2.05) is 47.2 Å². The van der Waals surface area contributed by atoms with E-state index >= 15 is 0 Å². The van der Waals surface area contributed by atoms with Gasteiger partial charge in [0.25, 0.3) is 0 Å². The molecule has 1 aliphatic rings. The van der Waals surface area contributed by atoms with Gasteiger partial charge in [-0.15, -0.1) is 0 Å². The van der Waals surface area contributed by atoms with E-state index in [9.17, 15) is 4.79 Å². The Morgan fingerprint density at radius 3 is 2.68 bits per heavy atom. The molecule has 5 nitrogen and oxygen atoms in total. The molecule has 0 aliphatic heterocycles. The highest BCUT2D eigenvalue weighted by molar-refractivity contribution is 5.87. The molecule has 31 heavy (non-hydrogen) atoms. The fourth-order valence-corrected chi connectivity index (χ4v) is 4.50. The second-order valence-corrected chi connectivity index (χ2v) is 8.53. The van der Waals surface area contributed by atoms with E-state index in [4.69, 9.17) is 4.74 Å². The van der Waals surface area contributed by atoms with E-state index in [-0.39, 0.29) is 5.91 Å². The lowest BCUT2D eigenvalue weighted by Crippen LogP contribution is -2.40. The van der Waals surface area contributed by atoms with Crippen molar-refractivity contribution in [3.05, 3.63) is 66.4 Å². The van der Waals surface area contributed by atoms with Crippen molar-refractivity contribution >= 4 is 16.8 Å². The van der Waals surface area contributed by atoms with Crippen molar-refractivity contribution in [2.45, 2.75) is 51.3 Å². The Kier molecular flexibility index (Phi) is 7.26. The summed E-state index contributed by atoms with van der Waals surface area (Å²) in [4.78, 5) is 15.0. The first-order valence-electron chi connectivity index (χ1n) is 11.4. The van der Waals surface area contributed by atoms with E-state index in [1.165, 1.54) is 32.1 Å². The smallest absolute Gasteiger partial charge is 0.239 e. The summed E-state index contributed by atoms with van der Waals surface area (Å²) in [5, 5.41) is 4.17. The third-order valence-corrected chi connectivity index (χ3v) is 6.29. The summed E-state index contributed by atoms with van der Waals surface area (Å²) in [6.45, 7) is 2.38. The van der Waals surface area contributed by atoms with Crippen molar-refractivity contribution in [3.63, 3.8) is 0 Å². The minimum atomic E-state index is 0.0346. The van der Waals surface area contributed by atoms with Crippen LogP contribution in [0.4, 0.5) is 0 Å². The molecular formula is C26H33N3O2. The molecule has 1 heterocycles. The predicted octanol–water partition coefficient (Wildman–Crippen LogP) is 4.60. The van der Waals surface area contributed by atoms with Gasteiger partial charge in [-0.3, -0.25) is 4.79 Å². The van der Waals surface area contributed by atoms with Crippen molar-refractivity contribution in [3.8, 4) is 5.75 Å². The number of likely N-dealkylation sites (N-methyl/N-ethyl adjacent to an activating group) is 1. The third-order valence-electron chi connectivity index (χ3n) is 6.29. The zero-order valence-corrected chi connectivity index (χ0v) is 18.4. The van der Waals surface area contributed by atoms with E-state index in [0.29, 0.717) is 25.7 Å². The quantitative estimate of drug-likeness (QED) is 0.551. The second kappa shape index (κ2) is 10.5. The second-order valence-electron chi connectivity index (χ2n) is 8.53. The van der Waals surface area contributed by atoms with Gasteiger partial charge in [0.1, 0.15) is 18.9 Å². The van der Waals surface area contributed by atoms with E-state index in [2.05, 4.69) is 35.5 Å². The summed E-state index contributed by atoms with van der Waals surface area (Å²) in [5.74, 6) is 0.837. The first-order valence-corrected chi connectivity index (χ1v) is 11.4. The maximum absolute atomic E-state index is 12.6. The molecule has 4 rings (SSSR count). The number of nitrogens with one attached hydrogen (secondary N) is 1. The van der Waals surface area contributed by atoms with Gasteiger partial charge in [0.05, 0.1) is 5.52 Å². The van der Waals surface area contributed by atoms with Crippen LogP contribution in [0.3, 0.4) is 0 Å². The molecule has 0 bridgehead atoms. The number of ether oxygens (including phenoxy) is 1. The van der Waals surface area contributed by atoms with Gasteiger partial charge in [0.15, 0.2) is 0 Å². The SMILES string of the molecule is CN(CCNC(=O)Cn1ccc2cccc(OCc3ccccc3)c21)C1CCCCC1. The van der Waals surface area contributed by atoms with E-state index in [0.717, 1.165) is 28.8 Å². The number of benzene rings is 2. The lowest BCUT2D eigenvalue weighted by atomic mass is 9.94. The molecule has 0 unspecified atom stereocenters. The number of para-hydroxylation sites is 1. The number of carbonyl (C=O) groups is 1. The highest BCUT2D eigenvalue weighted by atomic mass is 16.5. The summed E-state index contributed by atoms with van der Waals surface area (Å²) in [6, 6.07) is 18.9. The highest BCUT2D eigenvalue weighted by Gasteiger charge is 2.17. The highest BCUT2D eigenvalue weighted by Crippen LogP contribution is 2.27. The minimum absolute atomic E-state index is 0.0346. The summed E-state index contributed by atoms with van der Waals surface area (Å²) in [6.07, 6.45) is 8.56. The van der Waals surface area contributed by atoms with Crippen LogP contribution in [0.2, 0.25) is 0 Å². The number of carbonyl (C=O) groups excluding carboxylic acids is 1. The number of hydrogen-bond acceptors (Lipinski definition) is 3. The Morgan fingerprint density at radius 2 is 1.87 bits per heavy atom. The van der Waals surface area contributed by atoms with Crippen LogP contribution in [0.15, 0.2) is 60.8 Å². The Hall–Kier alpha value is -2.79. The van der Waals surface area contributed by atoms with Crippen LogP contribution in [0.1, 0.15) is 37.7 Å². The van der Waals surface area contributed by atoms with Crippen molar-refractivity contribution < 1.29 is 9.53 Å². The van der Waals surface area contributed by atoms with Crippen LogP contribution in [0.5, 0.6) is 5.75 Å². The lowest BCUT2D eigenvalue weighted by molar-refractivity contribution is -0.121. The van der Waals surface area contributed by atoms with Gasteiger partial charge >= 0.3 is 0 Å². The maximum Gasteiger partial charge on any atom is 0.239 e. The molecule has 1 saturated carbocycles. The van der Waals surface area contributed by atoms with Crippen molar-refractivity contribution in [1.82, 2.24) is 14.8 Å². The molecule has 2 aromatic carbocycles. The lowest BCUT2D eigenvalue weighted by Gasteiger charge is -2.31. The largest absolute Gasteiger partial charge is 0.487 e. The Balaban J connectivity index is 1.34. The molecule has 5 heteroatoms. The summed E-state index contributed by atoms with van der Waals surface area (Å²) in [7, 11) is 2.18. The Bertz CT molecular complexity index is 977. The zero-order valence-electron chi connectivity index (χ0n) is 18.4. The average Bonchev–Trinajstić information content (AvgIpc) is 3.22. The van der Waals surface area contributed by atoms with E-state index in [1.54, 1.807) is 0 Å². The Labute approximate surface area is 185 Å². The monoisotopic (exact) mass is 419 g/mol. The topological polar surface area (TPSA) is 46.5 Å². The van der Waals surface area contributed by atoms with Crippen LogP contribution >= 0.6 is 0 Å². The number of fused-ring (bicyclic) bond motifs is 1. The van der Waals surface area contributed by atoms with Crippen LogP contribution in [0, 0.1) is 0 Å². The molecular weight excluding hydrogens is 386 g/mol. The normalized spacial score (nSPS) is 14.8. The van der Waals surface area contributed by atoms with Crippen molar-refractivity contribution in [1.29, 1.82) is 0 Å². The average molecular weight is 420 g/mol. The van der Waals surface area contributed by atoms with Crippen LogP contribution < -0.4 is 10.1 Å². The standard InChI is InChI=1S/C26H33N3O2/c1-28(23-12-6-3-7-13-23)18-16-27-25(30)19-29-17-15-22-11-8-14-24(26(22)29)31-20-21-9-4-2-5-10-21/h2,4-5,8-11,14-15,17,23H,3,6-7,12-13,16,18-20H2,1H3,(H,27,30). The van der Waals surface area contributed by atoms with Gasteiger partial charge in [-0.1, -0.05) is 61.7 Å². The molecule has 0 radical (unpaired) electrons. The molecule has 1 fully saturated rings. The van der Waals surface area contributed by atoms with E-state index < -0.39 is 0 Å². The molecule has 1 aromatic heterocycles. The zero-order chi connectivity index (χ0) is 21.5. The first kappa shape index (κ1) is 21.4. The van der Waals surface area contributed by atoms with Gasteiger partial charge in [0.2, 0.25) is 5.91 Å². The summed E-state index contributed by atoms with van der Waals surface area (Å²) < 4.78 is 8.09. The van der Waals surface area contributed by atoms with Crippen LogP contribution in [-0.2, 0) is 17.9 Å². The fraction of sp³-hybridized carbons (Fsp3) is 0.423. The molecule has 0 atom stereocenters. The number of hydrogen-bond donors (Lipinski definition) is 1. The summed E-state index contributed by atoms with van der Waals surface area (Å²) >= 11 is 0. The molecule has 3 aromatic rings. The minimum Gasteiger partial charge on any atom is -0.487 e. The van der Waals surface area contributed by atoms with Gasteiger partial charge < -0.3 is 19.5 Å². The number of rotatable bonds is 9. The molecule has 1 N–H and O–H groups in total. The first-order chi connectivity index (χ1) is 15.2. The third kappa shape index (κ3) is 5.67. The molecule has 0 spiro atoms. The molecule has 1 amide bonds. The number of nitrogens with zero attached hydrogens (tertiary/aromatic N) is 2. The predicted molar refractivity (Wildman–Crippen MR) is 125 cm³/mol. The summed E-state index contributed by atoms with van der Waals surface area (Å²) in [5.41, 5.74) is 2.09. The number of amides is 1. The van der Waals surface area contributed by atoms with Crippen molar-refractivity contribution in [2.75, 3.05) is 20.1 Å². The molecule has 164 valence electrons. The van der Waals surface area contributed by atoms with Crippen molar-refractivity contribution in [2.24, 2.45) is 0 Å². The molecule has 0 saturated heterocycles. The van der Waals surface area contributed by atoms with Gasteiger partial charge in [-0.25, -0.2) is 0 Å². The van der Waals surface area contributed by atoms with Crippen LogP contribution in [0.25, 0.3) is 10.9 Å². The Morgan fingerprint density at radius 1 is 1.06 bits per heavy atom. The van der Waals surface area contributed by atoms with Gasteiger partial charge in [0, 0.05) is 30.7 Å². The van der Waals surface area contributed by atoms with Crippen LogP contribution in [-0.4, -0.2) is 41.6 Å². The van der Waals surface area contributed by atoms with Gasteiger partial charge in [-0.2, -0.15) is 0 Å². The number of aromatic nitrogens is 1. The van der Waals surface area contributed by atoms with Gasteiger partial charge in [-0.05, 0) is 37.6 Å².